The minimum Gasteiger partial charge on any atom is -0.462 e. The maximum Gasteiger partial charge on any atom is 0.306 e. The van der Waals surface area contributed by atoms with Crippen LogP contribution >= 0.6 is 0 Å². The molecule has 0 aliphatic heterocycles. The summed E-state index contributed by atoms with van der Waals surface area (Å²) < 4.78 is 11.7. The lowest BCUT2D eigenvalue weighted by Crippen LogP contribution is -2.51. The molecule has 4 rings (SSSR count). The van der Waals surface area contributed by atoms with Crippen LogP contribution in [-0.2, 0) is 19.1 Å². The van der Waals surface area contributed by atoms with Crippen LogP contribution < -0.4 is 0 Å². The lowest BCUT2D eigenvalue weighted by atomic mass is 9.47. The quantitative estimate of drug-likeness (QED) is 0.0292. The van der Waals surface area contributed by atoms with Gasteiger partial charge in [-0.05, 0) is 175 Å². The Kier molecular flexibility index (Phi) is 31.1. The molecule has 0 spiro atoms. The van der Waals surface area contributed by atoms with Crippen molar-refractivity contribution in [2.24, 2.45) is 52.3 Å². The van der Waals surface area contributed by atoms with Crippen LogP contribution in [0.1, 0.15) is 261 Å². The molecule has 0 aromatic rings. The smallest absolute Gasteiger partial charge is 0.306 e. The standard InChI is InChI=1S/C46H79NO4.C16H34O/c1-7-37(35(2)3)20-19-36(4)41-23-24-42-40-22-21-38-34-39(25-27-45(38,5)43(40)26-28-46(41,42)6)51-44(50)18-12-11-14-30-47(31-15-17-33-49)29-13-9-8-10-16-32-48;1-4-6-8-10-11-13-15-16(17-3)14-12-9-7-5-2/h19-21,32,35-37,39-43,49H,7-18,22-31,33-34H2,1-6H3;16H,4-15H2,1-3H3/b20-19+;. The van der Waals surface area contributed by atoms with E-state index in [1.54, 1.807) is 5.57 Å². The molecule has 3 saturated carbocycles. The number of hydrogen-bond acceptors (Lipinski definition) is 6. The van der Waals surface area contributed by atoms with Crippen LogP contribution in [0, 0.1) is 52.3 Å². The number of fused-ring (bicyclic) bond motifs is 5. The van der Waals surface area contributed by atoms with Crippen molar-refractivity contribution >= 4 is 12.3 Å². The molecule has 0 aromatic carbocycles. The van der Waals surface area contributed by atoms with E-state index in [4.69, 9.17) is 9.47 Å². The van der Waals surface area contributed by atoms with E-state index in [2.05, 4.69) is 78.5 Å². The van der Waals surface area contributed by atoms with Crippen molar-refractivity contribution in [1.82, 2.24) is 4.90 Å². The fourth-order valence-corrected chi connectivity index (χ4v) is 14.0. The average molecular weight is 953 g/mol. The Balaban J connectivity index is 0.000000611. The third-order valence-electron chi connectivity index (χ3n) is 18.4. The minimum absolute atomic E-state index is 0.000247. The molecule has 6 heteroatoms. The monoisotopic (exact) mass is 952 g/mol. The third kappa shape index (κ3) is 20.5. The van der Waals surface area contributed by atoms with Crippen LogP contribution in [-0.4, -0.2) is 67.8 Å². The van der Waals surface area contributed by atoms with Crippen LogP contribution in [0.3, 0.4) is 0 Å². The van der Waals surface area contributed by atoms with E-state index in [1.165, 1.54) is 128 Å². The normalized spacial score (nSPS) is 26.9. The second kappa shape index (κ2) is 34.8. The zero-order chi connectivity index (χ0) is 49.6. The van der Waals surface area contributed by atoms with E-state index < -0.39 is 0 Å². The van der Waals surface area contributed by atoms with Crippen molar-refractivity contribution in [2.75, 3.05) is 33.4 Å². The van der Waals surface area contributed by atoms with Gasteiger partial charge in [0.15, 0.2) is 0 Å². The van der Waals surface area contributed by atoms with Crippen LogP contribution in [0.4, 0.5) is 0 Å². The molecule has 68 heavy (non-hydrogen) atoms. The molecule has 10 unspecified atom stereocenters. The first-order valence-electron chi connectivity index (χ1n) is 29.8. The number of allylic oxidation sites excluding steroid dienone is 3. The predicted molar refractivity (Wildman–Crippen MR) is 290 cm³/mol. The highest BCUT2D eigenvalue weighted by atomic mass is 16.5. The Bertz CT molecular complexity index is 1380. The Morgan fingerprint density at radius 2 is 1.37 bits per heavy atom. The fourth-order valence-electron chi connectivity index (χ4n) is 14.0. The summed E-state index contributed by atoms with van der Waals surface area (Å²) in [7, 11) is 1.88. The summed E-state index contributed by atoms with van der Waals surface area (Å²) in [6.07, 6.45) is 47.5. The van der Waals surface area contributed by atoms with E-state index in [9.17, 15) is 14.7 Å². The second-order valence-corrected chi connectivity index (χ2v) is 23.6. The van der Waals surface area contributed by atoms with Gasteiger partial charge >= 0.3 is 5.97 Å². The summed E-state index contributed by atoms with van der Waals surface area (Å²) in [4.78, 5) is 26.1. The zero-order valence-corrected chi connectivity index (χ0v) is 46.5. The van der Waals surface area contributed by atoms with Gasteiger partial charge in [0.25, 0.3) is 0 Å². The van der Waals surface area contributed by atoms with E-state index in [0.29, 0.717) is 36.2 Å². The van der Waals surface area contributed by atoms with Crippen LogP contribution in [0.15, 0.2) is 23.8 Å². The molecule has 1 N–H and O–H groups in total. The Morgan fingerprint density at radius 1 is 0.750 bits per heavy atom. The summed E-state index contributed by atoms with van der Waals surface area (Å²) in [6.45, 7) is 22.8. The Hall–Kier alpha value is -1.50. The van der Waals surface area contributed by atoms with E-state index in [-0.39, 0.29) is 24.1 Å². The number of esters is 1. The number of nitrogens with zero attached hydrogens (tertiary/aromatic N) is 1. The molecule has 10 atom stereocenters. The van der Waals surface area contributed by atoms with Gasteiger partial charge < -0.3 is 24.3 Å². The number of carbonyl (C=O) groups excluding carboxylic acids is 2. The van der Waals surface area contributed by atoms with E-state index in [0.717, 1.165) is 120 Å². The first kappa shape index (κ1) is 60.8. The molecule has 3 fully saturated rings. The maximum absolute atomic E-state index is 13.0. The van der Waals surface area contributed by atoms with Gasteiger partial charge in [-0.25, -0.2) is 0 Å². The van der Waals surface area contributed by atoms with Gasteiger partial charge in [-0.3, -0.25) is 4.79 Å². The van der Waals surface area contributed by atoms with E-state index >= 15 is 0 Å². The summed E-state index contributed by atoms with van der Waals surface area (Å²) in [6, 6.07) is 0. The van der Waals surface area contributed by atoms with Gasteiger partial charge in [0.2, 0.25) is 0 Å². The minimum atomic E-state index is 0.000247. The zero-order valence-electron chi connectivity index (χ0n) is 46.5. The molecular formula is C62H113NO5. The molecule has 4 aliphatic rings. The molecule has 0 saturated heterocycles. The molecule has 0 amide bonds. The van der Waals surface area contributed by atoms with Gasteiger partial charge in [-0.15, -0.1) is 0 Å². The van der Waals surface area contributed by atoms with Gasteiger partial charge in [-0.1, -0.05) is 163 Å². The second-order valence-electron chi connectivity index (χ2n) is 23.6. The van der Waals surface area contributed by atoms with Crippen LogP contribution in [0.5, 0.6) is 0 Å². The van der Waals surface area contributed by atoms with Crippen molar-refractivity contribution in [1.29, 1.82) is 0 Å². The molecule has 0 aromatic heterocycles. The summed E-state index contributed by atoms with van der Waals surface area (Å²) in [5, 5.41) is 9.22. The maximum atomic E-state index is 13.0. The predicted octanol–water partition coefficient (Wildman–Crippen LogP) is 16.9. The molecule has 4 aliphatic carbocycles. The lowest BCUT2D eigenvalue weighted by Gasteiger charge is -2.58. The molecular weight excluding hydrogens is 839 g/mol. The number of ether oxygens (including phenoxy) is 2. The van der Waals surface area contributed by atoms with Crippen LogP contribution in [0.25, 0.3) is 0 Å². The Labute approximate surface area is 422 Å². The van der Waals surface area contributed by atoms with Gasteiger partial charge in [0, 0.05) is 33.0 Å². The number of aliphatic hydroxyl groups excluding tert-OH is 1. The lowest BCUT2D eigenvalue weighted by molar-refractivity contribution is -0.151. The average Bonchev–Trinajstić information content (AvgIpc) is 3.69. The van der Waals surface area contributed by atoms with Gasteiger partial charge in [0.05, 0.1) is 6.10 Å². The molecule has 396 valence electrons. The van der Waals surface area contributed by atoms with Crippen molar-refractivity contribution < 1.29 is 24.2 Å². The summed E-state index contributed by atoms with van der Waals surface area (Å²) in [5.74, 6) is 5.34. The van der Waals surface area contributed by atoms with Gasteiger partial charge in [-0.2, -0.15) is 0 Å². The van der Waals surface area contributed by atoms with Gasteiger partial charge in [0.1, 0.15) is 12.4 Å². The SMILES string of the molecule is CCC(/C=C/C(C)C1CCC2C3CC=C4CC(OC(=O)CCCCCN(CCCCO)CCCCCCC=O)CCC4(C)C3CCC12C)C(C)C.CCCCCCCCC(CCCCCC)OC. The summed E-state index contributed by atoms with van der Waals surface area (Å²) in [5.41, 5.74) is 2.35. The number of unbranched alkanes of at least 4 members (excludes halogenated alkanes) is 15. The van der Waals surface area contributed by atoms with Crippen LogP contribution in [0.2, 0.25) is 0 Å². The first-order chi connectivity index (χ1) is 32.9. The number of hydrogen-bond donors (Lipinski definition) is 1. The number of aldehydes is 1. The third-order valence-corrected chi connectivity index (χ3v) is 18.4. The van der Waals surface area contributed by atoms with Crippen molar-refractivity contribution in [3.8, 4) is 0 Å². The van der Waals surface area contributed by atoms with Crippen molar-refractivity contribution in [3.63, 3.8) is 0 Å². The number of aliphatic hydroxyl groups is 1. The topological polar surface area (TPSA) is 76.1 Å². The highest BCUT2D eigenvalue weighted by Gasteiger charge is 2.59. The largest absolute Gasteiger partial charge is 0.462 e. The Morgan fingerprint density at radius 3 is 2.00 bits per heavy atom. The van der Waals surface area contributed by atoms with Crippen molar-refractivity contribution in [2.45, 2.75) is 273 Å². The van der Waals surface area contributed by atoms with E-state index in [1.807, 2.05) is 7.11 Å². The highest BCUT2D eigenvalue weighted by Crippen LogP contribution is 2.67. The number of methoxy groups -OCH3 is 1. The molecule has 0 bridgehead atoms. The number of carbonyl (C=O) groups is 2. The number of rotatable bonds is 36. The highest BCUT2D eigenvalue weighted by molar-refractivity contribution is 5.69. The summed E-state index contributed by atoms with van der Waals surface area (Å²) >= 11 is 0. The fraction of sp³-hybridized carbons (Fsp3) is 0.903. The van der Waals surface area contributed by atoms with Crippen molar-refractivity contribution in [3.05, 3.63) is 23.8 Å². The molecule has 0 heterocycles. The first-order valence-corrected chi connectivity index (χ1v) is 29.8. The molecule has 6 nitrogen and oxygen atoms in total. The molecule has 0 radical (unpaired) electrons.